The van der Waals surface area contributed by atoms with Gasteiger partial charge in [-0.05, 0) is 26.8 Å². The molecule has 0 unspecified atom stereocenters. The zero-order chi connectivity index (χ0) is 16.7. The lowest BCUT2D eigenvalue weighted by molar-refractivity contribution is -0.135. The van der Waals surface area contributed by atoms with Gasteiger partial charge in [-0.15, -0.1) is 0 Å². The van der Waals surface area contributed by atoms with Crippen LogP contribution in [0, 0.1) is 0 Å². The molecule has 0 bridgehead atoms. The molecule has 8 nitrogen and oxygen atoms in total. The zero-order valence-corrected chi connectivity index (χ0v) is 12.6. The van der Waals surface area contributed by atoms with Gasteiger partial charge in [0, 0.05) is 6.20 Å². The molecule has 1 aromatic heterocycles. The lowest BCUT2D eigenvalue weighted by Crippen LogP contribution is -2.30. The second-order valence-corrected chi connectivity index (χ2v) is 4.53. The van der Waals surface area contributed by atoms with Crippen molar-refractivity contribution in [1.29, 1.82) is 0 Å². The minimum Gasteiger partial charge on any atom is -0.489 e. The first-order valence-corrected chi connectivity index (χ1v) is 6.69. The fraction of sp³-hybridized carbons (Fsp3) is 0.429. The molecular formula is C14H18N2O6. The van der Waals surface area contributed by atoms with Crippen LogP contribution in [0.15, 0.2) is 12.3 Å². The van der Waals surface area contributed by atoms with E-state index in [4.69, 9.17) is 14.6 Å². The maximum atomic E-state index is 11.9. The molecule has 0 radical (unpaired) electrons. The Balaban J connectivity index is 3.07. The van der Waals surface area contributed by atoms with Gasteiger partial charge in [0.1, 0.15) is 6.54 Å². The first-order valence-electron chi connectivity index (χ1n) is 6.69. The van der Waals surface area contributed by atoms with E-state index in [0.717, 1.165) is 0 Å². The van der Waals surface area contributed by atoms with Crippen molar-refractivity contribution in [3.63, 3.8) is 0 Å². The SMILES string of the molecule is CCOC(=O)c1cnc(C(=O)NCC(=O)O)c(OC(C)C)c1. The number of carboxylic acid groups (broad SMARTS) is 1. The number of rotatable bonds is 7. The minimum atomic E-state index is -1.18. The molecule has 0 aliphatic carbocycles. The zero-order valence-electron chi connectivity index (χ0n) is 12.6. The summed E-state index contributed by atoms with van der Waals surface area (Å²) in [6.07, 6.45) is 0.922. The highest BCUT2D eigenvalue weighted by Gasteiger charge is 2.19. The van der Waals surface area contributed by atoms with Crippen molar-refractivity contribution in [2.45, 2.75) is 26.9 Å². The van der Waals surface area contributed by atoms with Gasteiger partial charge in [0.15, 0.2) is 11.4 Å². The average molecular weight is 310 g/mol. The minimum absolute atomic E-state index is 0.0865. The maximum Gasteiger partial charge on any atom is 0.339 e. The topological polar surface area (TPSA) is 115 Å². The predicted octanol–water partition coefficient (Wildman–Crippen LogP) is 0.860. The molecule has 0 aliphatic heterocycles. The van der Waals surface area contributed by atoms with Crippen molar-refractivity contribution in [3.05, 3.63) is 23.5 Å². The summed E-state index contributed by atoms with van der Waals surface area (Å²) in [5, 5.41) is 10.8. The van der Waals surface area contributed by atoms with Gasteiger partial charge in [-0.25, -0.2) is 9.78 Å². The number of ether oxygens (including phenoxy) is 2. The Morgan fingerprint density at radius 2 is 2.05 bits per heavy atom. The molecule has 1 heterocycles. The van der Waals surface area contributed by atoms with E-state index in [1.165, 1.54) is 12.3 Å². The van der Waals surface area contributed by atoms with Crippen LogP contribution in [0.2, 0.25) is 0 Å². The fourth-order valence-electron chi connectivity index (χ4n) is 1.52. The van der Waals surface area contributed by atoms with E-state index >= 15 is 0 Å². The number of nitrogens with one attached hydrogen (secondary N) is 1. The number of pyridine rings is 1. The van der Waals surface area contributed by atoms with E-state index in [1.54, 1.807) is 20.8 Å². The van der Waals surface area contributed by atoms with Crippen molar-refractivity contribution < 1.29 is 29.0 Å². The molecule has 1 aromatic rings. The predicted molar refractivity (Wildman–Crippen MR) is 75.9 cm³/mol. The first kappa shape index (κ1) is 17.4. The van der Waals surface area contributed by atoms with E-state index in [1.807, 2.05) is 0 Å². The number of aliphatic carboxylic acids is 1. The van der Waals surface area contributed by atoms with Gasteiger partial charge in [0.25, 0.3) is 5.91 Å². The van der Waals surface area contributed by atoms with Crippen molar-refractivity contribution >= 4 is 17.8 Å². The van der Waals surface area contributed by atoms with Gasteiger partial charge >= 0.3 is 11.9 Å². The van der Waals surface area contributed by atoms with Gasteiger partial charge in [0.05, 0.1) is 18.3 Å². The summed E-state index contributed by atoms with van der Waals surface area (Å²) in [6, 6.07) is 1.35. The summed E-state index contributed by atoms with van der Waals surface area (Å²) in [4.78, 5) is 38.0. The van der Waals surface area contributed by atoms with E-state index in [2.05, 4.69) is 10.3 Å². The van der Waals surface area contributed by atoms with Crippen LogP contribution in [-0.4, -0.2) is 47.2 Å². The molecular weight excluding hydrogens is 292 g/mol. The molecule has 1 rings (SSSR count). The van der Waals surface area contributed by atoms with E-state index < -0.39 is 24.4 Å². The maximum absolute atomic E-state index is 11.9. The monoisotopic (exact) mass is 310 g/mol. The highest BCUT2D eigenvalue weighted by molar-refractivity contribution is 5.98. The number of hydrogen-bond acceptors (Lipinski definition) is 6. The largest absolute Gasteiger partial charge is 0.489 e. The molecule has 2 N–H and O–H groups in total. The number of carboxylic acids is 1. The van der Waals surface area contributed by atoms with Gasteiger partial charge in [-0.1, -0.05) is 0 Å². The molecule has 0 aliphatic rings. The Morgan fingerprint density at radius 1 is 1.36 bits per heavy atom. The molecule has 0 aromatic carbocycles. The van der Waals surface area contributed by atoms with Gasteiger partial charge in [0.2, 0.25) is 0 Å². The van der Waals surface area contributed by atoms with Crippen molar-refractivity contribution in [2.24, 2.45) is 0 Å². The third-order valence-electron chi connectivity index (χ3n) is 2.34. The molecule has 8 heteroatoms. The molecule has 0 saturated heterocycles. The van der Waals surface area contributed by atoms with E-state index in [-0.39, 0.29) is 29.7 Å². The molecule has 0 fully saturated rings. The quantitative estimate of drug-likeness (QED) is 0.718. The smallest absolute Gasteiger partial charge is 0.339 e. The lowest BCUT2D eigenvalue weighted by Gasteiger charge is -2.14. The van der Waals surface area contributed by atoms with Gasteiger partial charge in [-0.2, -0.15) is 0 Å². The first-order chi connectivity index (χ1) is 10.3. The summed E-state index contributed by atoms with van der Waals surface area (Å²) in [7, 11) is 0. The van der Waals surface area contributed by atoms with Gasteiger partial charge in [-0.3, -0.25) is 9.59 Å². The molecule has 120 valence electrons. The van der Waals surface area contributed by atoms with Crippen LogP contribution < -0.4 is 10.1 Å². The molecule has 0 atom stereocenters. The third-order valence-corrected chi connectivity index (χ3v) is 2.34. The molecule has 0 saturated carbocycles. The summed E-state index contributed by atoms with van der Waals surface area (Å²) < 4.78 is 10.3. The third kappa shape index (κ3) is 5.04. The number of esters is 1. The number of nitrogens with zero attached hydrogens (tertiary/aromatic N) is 1. The number of carbonyl (C=O) groups excluding carboxylic acids is 2. The second kappa shape index (κ2) is 7.96. The molecule has 22 heavy (non-hydrogen) atoms. The van der Waals surface area contributed by atoms with Crippen LogP contribution in [0.4, 0.5) is 0 Å². The van der Waals surface area contributed by atoms with Crippen LogP contribution in [0.25, 0.3) is 0 Å². The van der Waals surface area contributed by atoms with E-state index in [9.17, 15) is 14.4 Å². The summed E-state index contributed by atoms with van der Waals surface area (Å²) in [5.41, 5.74) is 0.0512. The number of amides is 1. The summed E-state index contributed by atoms with van der Waals surface area (Å²) in [6.45, 7) is 4.83. The summed E-state index contributed by atoms with van der Waals surface area (Å²) >= 11 is 0. The van der Waals surface area contributed by atoms with Crippen LogP contribution >= 0.6 is 0 Å². The normalized spacial score (nSPS) is 10.2. The van der Waals surface area contributed by atoms with Crippen LogP contribution in [0.5, 0.6) is 5.75 Å². The Kier molecular flexibility index (Phi) is 6.30. The standard InChI is InChI=1S/C14H18N2O6/c1-4-21-14(20)9-5-10(22-8(2)3)12(15-6-9)13(19)16-7-11(17)18/h5-6,8H,4,7H2,1-3H3,(H,16,19)(H,17,18). The Labute approximate surface area is 127 Å². The van der Waals surface area contributed by atoms with Crippen molar-refractivity contribution in [1.82, 2.24) is 10.3 Å². The lowest BCUT2D eigenvalue weighted by atomic mass is 10.2. The van der Waals surface area contributed by atoms with Crippen LogP contribution in [-0.2, 0) is 9.53 Å². The highest BCUT2D eigenvalue weighted by atomic mass is 16.5. The highest BCUT2D eigenvalue weighted by Crippen LogP contribution is 2.20. The number of hydrogen-bond donors (Lipinski definition) is 2. The second-order valence-electron chi connectivity index (χ2n) is 4.53. The average Bonchev–Trinajstić information content (AvgIpc) is 2.44. The molecule has 1 amide bonds. The Hall–Kier alpha value is -2.64. The Bertz CT molecular complexity index is 570. The number of aromatic nitrogens is 1. The van der Waals surface area contributed by atoms with E-state index in [0.29, 0.717) is 0 Å². The summed E-state index contributed by atoms with van der Waals surface area (Å²) in [5.74, 6) is -2.37. The Morgan fingerprint density at radius 3 is 2.59 bits per heavy atom. The van der Waals surface area contributed by atoms with Crippen LogP contribution in [0.1, 0.15) is 41.6 Å². The van der Waals surface area contributed by atoms with Gasteiger partial charge < -0.3 is 19.9 Å². The van der Waals surface area contributed by atoms with Crippen molar-refractivity contribution in [2.75, 3.05) is 13.2 Å². The van der Waals surface area contributed by atoms with Crippen LogP contribution in [0.3, 0.4) is 0 Å². The molecule has 0 spiro atoms. The van der Waals surface area contributed by atoms with Crippen molar-refractivity contribution in [3.8, 4) is 5.75 Å². The number of carbonyl (C=O) groups is 3. The fourth-order valence-corrected chi connectivity index (χ4v) is 1.52.